The fourth-order valence-electron chi connectivity index (χ4n) is 1.53. The van der Waals surface area contributed by atoms with Crippen LogP contribution in [0.3, 0.4) is 0 Å². The predicted molar refractivity (Wildman–Crippen MR) is 82.2 cm³/mol. The van der Waals surface area contributed by atoms with Gasteiger partial charge in [-0.3, -0.25) is 4.79 Å². The van der Waals surface area contributed by atoms with Crippen molar-refractivity contribution in [3.63, 3.8) is 0 Å². The van der Waals surface area contributed by atoms with E-state index >= 15 is 0 Å². The van der Waals surface area contributed by atoms with Gasteiger partial charge in [0.15, 0.2) is 0 Å². The summed E-state index contributed by atoms with van der Waals surface area (Å²) in [7, 11) is 0. The number of aromatic nitrogens is 1. The van der Waals surface area contributed by atoms with E-state index < -0.39 is 5.91 Å². The molecule has 0 radical (unpaired) electrons. The monoisotopic (exact) mass is 420 g/mol. The van der Waals surface area contributed by atoms with E-state index in [1.165, 1.54) is 12.3 Å². The molecule has 1 aromatic heterocycles. The minimum Gasteiger partial charge on any atom is -0.348 e. The standard InChI is InChI=1S/C13H8Br2ClFN2O/c14-8-1-2-11(17)7(3-8)5-19-13(20)10-4-9(15)6-18-12(10)16/h1-4,6H,5H2,(H,19,20). The van der Waals surface area contributed by atoms with Crippen LogP contribution in [0.25, 0.3) is 0 Å². The van der Waals surface area contributed by atoms with Crippen molar-refractivity contribution in [2.45, 2.75) is 6.54 Å². The molecular weight excluding hydrogens is 414 g/mol. The molecule has 0 fully saturated rings. The van der Waals surface area contributed by atoms with Crippen molar-refractivity contribution < 1.29 is 9.18 Å². The van der Waals surface area contributed by atoms with Crippen LogP contribution in [0.2, 0.25) is 5.15 Å². The van der Waals surface area contributed by atoms with Gasteiger partial charge in [0, 0.05) is 27.3 Å². The van der Waals surface area contributed by atoms with E-state index in [1.807, 2.05) is 0 Å². The van der Waals surface area contributed by atoms with E-state index in [0.717, 1.165) is 4.47 Å². The lowest BCUT2D eigenvalue weighted by Crippen LogP contribution is -2.24. The Kier molecular flexibility index (Phi) is 5.12. The van der Waals surface area contributed by atoms with Crippen molar-refractivity contribution in [2.75, 3.05) is 0 Å². The molecule has 104 valence electrons. The summed E-state index contributed by atoms with van der Waals surface area (Å²) in [5.74, 6) is -0.796. The highest BCUT2D eigenvalue weighted by atomic mass is 79.9. The first kappa shape index (κ1) is 15.4. The number of carbonyl (C=O) groups excluding carboxylic acids is 1. The summed E-state index contributed by atoms with van der Waals surface area (Å²) in [5.41, 5.74) is 0.614. The average molecular weight is 422 g/mol. The van der Waals surface area contributed by atoms with Gasteiger partial charge < -0.3 is 5.32 Å². The van der Waals surface area contributed by atoms with Crippen molar-refractivity contribution in [3.8, 4) is 0 Å². The first-order valence-electron chi connectivity index (χ1n) is 5.50. The van der Waals surface area contributed by atoms with Crippen LogP contribution in [-0.2, 0) is 6.54 Å². The number of nitrogens with one attached hydrogen (secondary N) is 1. The third-order valence-electron chi connectivity index (χ3n) is 2.50. The van der Waals surface area contributed by atoms with Crippen molar-refractivity contribution in [1.82, 2.24) is 10.3 Å². The maximum atomic E-state index is 13.5. The van der Waals surface area contributed by atoms with E-state index in [1.54, 1.807) is 18.2 Å². The lowest BCUT2D eigenvalue weighted by molar-refractivity contribution is 0.0950. The normalized spacial score (nSPS) is 10.4. The highest BCUT2D eigenvalue weighted by Gasteiger charge is 2.12. The van der Waals surface area contributed by atoms with Gasteiger partial charge in [-0.25, -0.2) is 9.37 Å². The van der Waals surface area contributed by atoms with Gasteiger partial charge in [-0.05, 0) is 40.2 Å². The molecule has 0 bridgehead atoms. The molecular formula is C13H8Br2ClFN2O. The maximum Gasteiger partial charge on any atom is 0.254 e. The second kappa shape index (κ2) is 6.65. The van der Waals surface area contributed by atoms with Crippen LogP contribution >= 0.6 is 43.5 Å². The molecule has 0 saturated heterocycles. The Morgan fingerprint density at radius 1 is 1.30 bits per heavy atom. The quantitative estimate of drug-likeness (QED) is 0.749. The third kappa shape index (κ3) is 3.77. The first-order valence-corrected chi connectivity index (χ1v) is 7.47. The SMILES string of the molecule is O=C(NCc1cc(Br)ccc1F)c1cc(Br)cnc1Cl. The topological polar surface area (TPSA) is 42.0 Å². The second-order valence-corrected chi connectivity index (χ2v) is 6.10. The molecule has 1 aromatic carbocycles. The Labute approximate surface area is 136 Å². The molecule has 7 heteroatoms. The summed E-state index contributed by atoms with van der Waals surface area (Å²) in [6, 6.07) is 6.09. The van der Waals surface area contributed by atoms with Crippen LogP contribution in [0, 0.1) is 5.82 Å². The van der Waals surface area contributed by atoms with E-state index in [9.17, 15) is 9.18 Å². The van der Waals surface area contributed by atoms with E-state index in [0.29, 0.717) is 10.0 Å². The molecule has 0 saturated carbocycles. The number of hydrogen-bond donors (Lipinski definition) is 1. The summed E-state index contributed by atoms with van der Waals surface area (Å²) in [4.78, 5) is 15.9. The van der Waals surface area contributed by atoms with Gasteiger partial charge in [-0.2, -0.15) is 0 Å². The fraction of sp³-hybridized carbons (Fsp3) is 0.0769. The van der Waals surface area contributed by atoms with E-state index in [4.69, 9.17) is 11.6 Å². The summed E-state index contributed by atoms with van der Waals surface area (Å²) in [6.07, 6.45) is 1.49. The number of pyridine rings is 1. The predicted octanol–water partition coefficient (Wildman–Crippen LogP) is 4.33. The maximum absolute atomic E-state index is 13.5. The molecule has 2 rings (SSSR count). The zero-order valence-corrected chi connectivity index (χ0v) is 13.9. The van der Waals surface area contributed by atoms with Gasteiger partial charge in [-0.15, -0.1) is 0 Å². The molecule has 0 spiro atoms. The summed E-state index contributed by atoms with van der Waals surface area (Å²) >= 11 is 12.3. The van der Waals surface area contributed by atoms with E-state index in [-0.39, 0.29) is 23.1 Å². The average Bonchev–Trinajstić information content (AvgIpc) is 2.42. The Balaban J connectivity index is 2.12. The van der Waals surface area contributed by atoms with Gasteiger partial charge in [0.2, 0.25) is 0 Å². The van der Waals surface area contributed by atoms with Crippen molar-refractivity contribution in [2.24, 2.45) is 0 Å². The first-order chi connectivity index (χ1) is 9.47. The van der Waals surface area contributed by atoms with Gasteiger partial charge in [0.1, 0.15) is 11.0 Å². The molecule has 3 nitrogen and oxygen atoms in total. The molecule has 1 heterocycles. The number of rotatable bonds is 3. The van der Waals surface area contributed by atoms with E-state index in [2.05, 4.69) is 42.2 Å². The number of nitrogens with zero attached hydrogens (tertiary/aromatic N) is 1. The third-order valence-corrected chi connectivity index (χ3v) is 3.73. The van der Waals surface area contributed by atoms with Gasteiger partial charge >= 0.3 is 0 Å². The summed E-state index contributed by atoms with van der Waals surface area (Å²) in [5, 5.41) is 2.70. The highest BCUT2D eigenvalue weighted by molar-refractivity contribution is 9.10. The highest BCUT2D eigenvalue weighted by Crippen LogP contribution is 2.19. The zero-order chi connectivity index (χ0) is 14.7. The molecule has 0 aliphatic rings. The lowest BCUT2D eigenvalue weighted by atomic mass is 10.2. The molecule has 0 aliphatic carbocycles. The summed E-state index contributed by atoms with van der Waals surface area (Å²) < 4.78 is 14.9. The second-order valence-electron chi connectivity index (χ2n) is 3.91. The van der Waals surface area contributed by atoms with Gasteiger partial charge in [-0.1, -0.05) is 27.5 Å². The number of benzene rings is 1. The lowest BCUT2D eigenvalue weighted by Gasteiger charge is -2.08. The van der Waals surface area contributed by atoms with Crippen molar-refractivity contribution >= 4 is 49.4 Å². The smallest absolute Gasteiger partial charge is 0.254 e. The molecule has 20 heavy (non-hydrogen) atoms. The largest absolute Gasteiger partial charge is 0.348 e. The Hall–Kier alpha value is -0.980. The van der Waals surface area contributed by atoms with Crippen LogP contribution in [0.5, 0.6) is 0 Å². The van der Waals surface area contributed by atoms with Crippen LogP contribution in [-0.4, -0.2) is 10.9 Å². The molecule has 0 aliphatic heterocycles. The van der Waals surface area contributed by atoms with Crippen LogP contribution in [0.15, 0.2) is 39.4 Å². The number of amides is 1. The molecule has 2 aromatic rings. The van der Waals surface area contributed by atoms with Crippen LogP contribution < -0.4 is 5.32 Å². The Bertz CT molecular complexity index is 667. The fourth-order valence-corrected chi connectivity index (χ4v) is 2.46. The number of halogens is 4. The Morgan fingerprint density at radius 3 is 2.80 bits per heavy atom. The minimum absolute atomic E-state index is 0.0624. The summed E-state index contributed by atoms with van der Waals surface area (Å²) in [6.45, 7) is 0.0624. The van der Waals surface area contributed by atoms with Crippen LogP contribution in [0.1, 0.15) is 15.9 Å². The minimum atomic E-state index is -0.414. The molecule has 0 atom stereocenters. The van der Waals surface area contributed by atoms with Gasteiger partial charge in [0.25, 0.3) is 5.91 Å². The zero-order valence-electron chi connectivity index (χ0n) is 9.96. The van der Waals surface area contributed by atoms with Crippen LogP contribution in [0.4, 0.5) is 4.39 Å². The van der Waals surface area contributed by atoms with Gasteiger partial charge in [0.05, 0.1) is 5.56 Å². The number of carbonyl (C=O) groups is 1. The molecule has 1 N–H and O–H groups in total. The molecule has 1 amide bonds. The molecule has 0 unspecified atom stereocenters. The number of hydrogen-bond acceptors (Lipinski definition) is 2. The van der Waals surface area contributed by atoms with Crippen molar-refractivity contribution in [3.05, 3.63) is 61.5 Å². The van der Waals surface area contributed by atoms with Crippen molar-refractivity contribution in [1.29, 1.82) is 0 Å². The Morgan fingerprint density at radius 2 is 2.05 bits per heavy atom.